The highest BCUT2D eigenvalue weighted by molar-refractivity contribution is 6.18. The molecule has 0 radical (unpaired) electrons. The van der Waals surface area contributed by atoms with Crippen LogP contribution >= 0.6 is 0 Å². The van der Waals surface area contributed by atoms with E-state index in [1.54, 1.807) is 0 Å². The van der Waals surface area contributed by atoms with Crippen molar-refractivity contribution in [2.75, 3.05) is 0 Å². The second kappa shape index (κ2) is 5.96. The first kappa shape index (κ1) is 17.3. The van der Waals surface area contributed by atoms with Gasteiger partial charge in [-0.15, -0.1) is 0 Å². The largest absolute Gasteiger partial charge is 0.354 e. The summed E-state index contributed by atoms with van der Waals surface area (Å²) in [5.41, 5.74) is 6.03. The highest BCUT2D eigenvalue weighted by Crippen LogP contribution is 2.37. The number of aromatic nitrogens is 3. The Balaban J connectivity index is 1.75. The number of hydrogen-bond acceptors (Lipinski definition) is 1. The molecule has 0 aliphatic carbocycles. The molecule has 0 aliphatic heterocycles. The highest BCUT2D eigenvalue weighted by Gasteiger charge is 2.18. The van der Waals surface area contributed by atoms with Crippen LogP contribution in [0.2, 0.25) is 0 Å². The number of H-pyrrole nitrogens is 1. The molecule has 3 aromatic heterocycles. The maximum atomic E-state index is 4.77. The van der Waals surface area contributed by atoms with E-state index in [1.165, 1.54) is 43.7 Å². The SMILES string of the molecule is CC(C)(C)c1ccnc(-n2c3ccccc3c3cc4c(cc32)[nH]c2ccccc24)c1. The number of fused-ring (bicyclic) bond motifs is 6. The van der Waals surface area contributed by atoms with E-state index in [-0.39, 0.29) is 5.41 Å². The Morgan fingerprint density at radius 3 is 2.30 bits per heavy atom. The molecule has 1 N–H and O–H groups in total. The van der Waals surface area contributed by atoms with E-state index in [9.17, 15) is 0 Å². The molecule has 0 bridgehead atoms. The van der Waals surface area contributed by atoms with Gasteiger partial charge in [0, 0.05) is 38.8 Å². The predicted octanol–water partition coefficient (Wildman–Crippen LogP) is 7.11. The summed E-state index contributed by atoms with van der Waals surface area (Å²) in [5, 5.41) is 5.03. The number of nitrogens with one attached hydrogen (secondary N) is 1. The van der Waals surface area contributed by atoms with Crippen LogP contribution < -0.4 is 0 Å². The molecule has 3 nitrogen and oxygen atoms in total. The third-order valence-corrected chi connectivity index (χ3v) is 6.14. The van der Waals surface area contributed by atoms with Crippen molar-refractivity contribution in [1.29, 1.82) is 0 Å². The standard InChI is InChI=1S/C27H23N3/c1-27(2,3)17-12-13-28-26(14-17)30-24-11-7-5-9-19(24)21-15-20-18-8-4-6-10-22(18)29-23(20)16-25(21)30/h4-16,29H,1-3H3. The molecule has 0 fully saturated rings. The molecule has 146 valence electrons. The molecule has 0 amide bonds. The molecule has 0 aliphatic rings. The number of nitrogens with zero attached hydrogens (tertiary/aromatic N) is 2. The summed E-state index contributed by atoms with van der Waals surface area (Å²) in [5.74, 6) is 0.962. The molecule has 3 heterocycles. The number of aromatic amines is 1. The Labute approximate surface area is 175 Å². The van der Waals surface area contributed by atoms with Crippen LogP contribution in [-0.4, -0.2) is 14.5 Å². The molecule has 0 atom stereocenters. The van der Waals surface area contributed by atoms with Crippen molar-refractivity contribution < 1.29 is 0 Å². The highest BCUT2D eigenvalue weighted by atomic mass is 15.1. The minimum absolute atomic E-state index is 0.0703. The zero-order valence-electron chi connectivity index (χ0n) is 17.4. The van der Waals surface area contributed by atoms with Crippen LogP contribution in [0.1, 0.15) is 26.3 Å². The fourth-order valence-corrected chi connectivity index (χ4v) is 4.57. The van der Waals surface area contributed by atoms with Gasteiger partial charge in [-0.05, 0) is 47.4 Å². The Bertz CT molecular complexity index is 1570. The van der Waals surface area contributed by atoms with Crippen LogP contribution in [-0.2, 0) is 5.41 Å². The predicted molar refractivity (Wildman–Crippen MR) is 127 cm³/mol. The fourth-order valence-electron chi connectivity index (χ4n) is 4.57. The van der Waals surface area contributed by atoms with E-state index >= 15 is 0 Å². The Morgan fingerprint density at radius 1 is 0.700 bits per heavy atom. The van der Waals surface area contributed by atoms with Gasteiger partial charge >= 0.3 is 0 Å². The molecule has 0 spiro atoms. The molecule has 3 heteroatoms. The van der Waals surface area contributed by atoms with Crippen molar-refractivity contribution in [3.63, 3.8) is 0 Å². The van der Waals surface area contributed by atoms with E-state index < -0.39 is 0 Å². The van der Waals surface area contributed by atoms with Crippen LogP contribution in [0.4, 0.5) is 0 Å². The first-order chi connectivity index (χ1) is 14.5. The minimum Gasteiger partial charge on any atom is -0.354 e. The topological polar surface area (TPSA) is 33.6 Å². The molecule has 0 saturated carbocycles. The van der Waals surface area contributed by atoms with E-state index in [1.807, 2.05) is 6.20 Å². The first-order valence-electron chi connectivity index (χ1n) is 10.4. The third kappa shape index (κ3) is 2.42. The summed E-state index contributed by atoms with van der Waals surface area (Å²) in [6, 6.07) is 26.1. The number of pyridine rings is 1. The molecule has 3 aromatic carbocycles. The Morgan fingerprint density at radius 2 is 1.47 bits per heavy atom. The summed E-state index contributed by atoms with van der Waals surface area (Å²) < 4.78 is 2.30. The molecule has 0 unspecified atom stereocenters. The maximum Gasteiger partial charge on any atom is 0.137 e. The number of para-hydroxylation sites is 2. The van der Waals surface area contributed by atoms with Crippen LogP contribution in [0, 0.1) is 0 Å². The van der Waals surface area contributed by atoms with Crippen molar-refractivity contribution in [2.24, 2.45) is 0 Å². The molecule has 6 rings (SSSR count). The van der Waals surface area contributed by atoms with Gasteiger partial charge < -0.3 is 4.98 Å². The van der Waals surface area contributed by atoms with Crippen LogP contribution in [0.5, 0.6) is 0 Å². The van der Waals surface area contributed by atoms with E-state index in [0.717, 1.165) is 11.3 Å². The summed E-state index contributed by atoms with van der Waals surface area (Å²) >= 11 is 0. The smallest absolute Gasteiger partial charge is 0.137 e. The zero-order chi connectivity index (χ0) is 20.5. The molecular weight excluding hydrogens is 366 g/mol. The lowest BCUT2D eigenvalue weighted by Gasteiger charge is -2.20. The van der Waals surface area contributed by atoms with Gasteiger partial charge in [0.2, 0.25) is 0 Å². The Kier molecular flexibility index (Phi) is 3.43. The zero-order valence-corrected chi connectivity index (χ0v) is 17.4. The van der Waals surface area contributed by atoms with Gasteiger partial charge in [-0.1, -0.05) is 57.2 Å². The quantitative estimate of drug-likeness (QED) is 0.319. The van der Waals surface area contributed by atoms with Crippen molar-refractivity contribution in [1.82, 2.24) is 14.5 Å². The Hall–Kier alpha value is -3.59. The van der Waals surface area contributed by atoms with Gasteiger partial charge in [-0.25, -0.2) is 4.98 Å². The lowest BCUT2D eigenvalue weighted by atomic mass is 9.88. The van der Waals surface area contributed by atoms with Crippen molar-refractivity contribution in [3.8, 4) is 5.82 Å². The third-order valence-electron chi connectivity index (χ3n) is 6.14. The molecular formula is C27H23N3. The van der Waals surface area contributed by atoms with Crippen molar-refractivity contribution in [2.45, 2.75) is 26.2 Å². The van der Waals surface area contributed by atoms with Gasteiger partial charge in [-0.3, -0.25) is 4.57 Å². The minimum atomic E-state index is 0.0703. The van der Waals surface area contributed by atoms with Gasteiger partial charge in [0.15, 0.2) is 0 Å². The van der Waals surface area contributed by atoms with Gasteiger partial charge in [0.05, 0.1) is 11.0 Å². The molecule has 6 aromatic rings. The maximum absolute atomic E-state index is 4.77. The fraction of sp³-hybridized carbons (Fsp3) is 0.148. The molecule has 30 heavy (non-hydrogen) atoms. The first-order valence-corrected chi connectivity index (χ1v) is 10.4. The van der Waals surface area contributed by atoms with Gasteiger partial charge in [0.25, 0.3) is 0 Å². The normalized spacial score (nSPS) is 12.5. The lowest BCUT2D eigenvalue weighted by molar-refractivity contribution is 0.588. The lowest BCUT2D eigenvalue weighted by Crippen LogP contribution is -2.12. The summed E-state index contributed by atoms with van der Waals surface area (Å²) in [4.78, 5) is 8.37. The number of rotatable bonds is 1. The van der Waals surface area contributed by atoms with Crippen molar-refractivity contribution in [3.05, 3.63) is 84.6 Å². The average Bonchev–Trinajstić information content (AvgIpc) is 3.26. The van der Waals surface area contributed by atoms with E-state index in [4.69, 9.17) is 4.98 Å². The van der Waals surface area contributed by atoms with Crippen LogP contribution in [0.15, 0.2) is 79.0 Å². The van der Waals surface area contributed by atoms with E-state index in [0.29, 0.717) is 0 Å². The molecule has 0 saturated heterocycles. The van der Waals surface area contributed by atoms with Crippen LogP contribution in [0.3, 0.4) is 0 Å². The van der Waals surface area contributed by atoms with Gasteiger partial charge in [-0.2, -0.15) is 0 Å². The van der Waals surface area contributed by atoms with Crippen molar-refractivity contribution >= 4 is 43.6 Å². The number of benzene rings is 3. The summed E-state index contributed by atoms with van der Waals surface area (Å²) in [6.45, 7) is 6.73. The van der Waals surface area contributed by atoms with Gasteiger partial charge in [0.1, 0.15) is 5.82 Å². The average molecular weight is 390 g/mol. The number of hydrogen-bond donors (Lipinski definition) is 1. The van der Waals surface area contributed by atoms with E-state index in [2.05, 4.69) is 103 Å². The second-order valence-corrected chi connectivity index (χ2v) is 9.09. The summed E-state index contributed by atoms with van der Waals surface area (Å²) in [6.07, 6.45) is 1.93. The second-order valence-electron chi connectivity index (χ2n) is 9.09. The van der Waals surface area contributed by atoms with Crippen LogP contribution in [0.25, 0.3) is 49.4 Å². The monoisotopic (exact) mass is 389 g/mol. The summed E-state index contributed by atoms with van der Waals surface area (Å²) in [7, 11) is 0.